The summed E-state index contributed by atoms with van der Waals surface area (Å²) in [5.41, 5.74) is 1.41. The highest BCUT2D eigenvalue weighted by molar-refractivity contribution is 6.31. The summed E-state index contributed by atoms with van der Waals surface area (Å²) in [6.07, 6.45) is 9.91. The normalized spacial score (nSPS) is 18.6. The van der Waals surface area contributed by atoms with Gasteiger partial charge in [-0.2, -0.15) is 8.78 Å². The number of ether oxygens (including phenoxy) is 2. The van der Waals surface area contributed by atoms with Crippen LogP contribution in [0.25, 0.3) is 0 Å². The van der Waals surface area contributed by atoms with Gasteiger partial charge in [0.15, 0.2) is 11.6 Å². The maximum Gasteiger partial charge on any atom is 0.387 e. The summed E-state index contributed by atoms with van der Waals surface area (Å²) in [5.74, 6) is -2.07. The van der Waals surface area contributed by atoms with Crippen LogP contribution in [-0.2, 0) is 0 Å². The molecule has 1 fully saturated rings. The molecule has 32 heavy (non-hydrogen) atoms. The number of rotatable bonds is 9. The second-order valence-electron chi connectivity index (χ2n) is 8.29. The van der Waals surface area contributed by atoms with Gasteiger partial charge >= 0.3 is 12.6 Å². The first kappa shape index (κ1) is 24.4. The van der Waals surface area contributed by atoms with Gasteiger partial charge in [-0.1, -0.05) is 56.3 Å². The summed E-state index contributed by atoms with van der Waals surface area (Å²) in [5, 5.41) is -0.412. The number of esters is 1. The van der Waals surface area contributed by atoms with Gasteiger partial charge in [0.1, 0.15) is 0 Å². The van der Waals surface area contributed by atoms with Crippen LogP contribution in [-0.4, -0.2) is 12.6 Å². The molecule has 0 unspecified atom stereocenters. The number of carbonyl (C=O) groups excluding carboxylic acids is 1. The molecule has 0 N–H and O–H groups in total. The highest BCUT2D eigenvalue weighted by Crippen LogP contribution is 2.38. The van der Waals surface area contributed by atoms with E-state index in [1.165, 1.54) is 44.1 Å². The maximum absolute atomic E-state index is 14.1. The van der Waals surface area contributed by atoms with Gasteiger partial charge in [0.2, 0.25) is 5.75 Å². The molecule has 1 saturated carbocycles. The lowest BCUT2D eigenvalue weighted by atomic mass is 9.77. The lowest BCUT2D eigenvalue weighted by Crippen LogP contribution is -2.14. The first-order chi connectivity index (χ1) is 15.4. The number of alkyl halides is 2. The van der Waals surface area contributed by atoms with Crippen LogP contribution in [0.1, 0.15) is 80.1 Å². The van der Waals surface area contributed by atoms with Crippen molar-refractivity contribution in [3.8, 4) is 11.5 Å². The Morgan fingerprint density at radius 3 is 2.38 bits per heavy atom. The first-order valence-electron chi connectivity index (χ1n) is 11.1. The van der Waals surface area contributed by atoms with E-state index in [1.54, 1.807) is 12.1 Å². The van der Waals surface area contributed by atoms with Crippen molar-refractivity contribution in [3.05, 3.63) is 58.4 Å². The van der Waals surface area contributed by atoms with Gasteiger partial charge in [-0.25, -0.2) is 9.18 Å². The molecule has 0 heterocycles. The van der Waals surface area contributed by atoms with Crippen molar-refractivity contribution in [1.29, 1.82) is 0 Å². The van der Waals surface area contributed by atoms with Crippen LogP contribution < -0.4 is 9.47 Å². The molecular weight excluding hydrogens is 441 g/mol. The predicted octanol–water partition coefficient (Wildman–Crippen LogP) is 8.15. The molecule has 0 bridgehead atoms. The molecule has 3 rings (SSSR count). The van der Waals surface area contributed by atoms with E-state index < -0.39 is 34.9 Å². The fraction of sp³-hybridized carbons (Fsp3) is 0.480. The second kappa shape index (κ2) is 11.6. The standard InChI is InChI=1S/C25H28ClF3O3/c1-2-3-4-5-16-6-8-17(9-7-16)18-10-12-19(13-11-18)24(30)31-21-15-14-20(26)22(27)23(21)32-25(28)29/h10-17,25H,2-9H2,1H3. The Morgan fingerprint density at radius 1 is 1.06 bits per heavy atom. The molecule has 2 aromatic rings. The van der Waals surface area contributed by atoms with Crippen molar-refractivity contribution < 1.29 is 27.4 Å². The van der Waals surface area contributed by atoms with Crippen LogP contribution in [0.4, 0.5) is 13.2 Å². The largest absolute Gasteiger partial charge is 0.428 e. The number of benzene rings is 2. The number of carbonyl (C=O) groups is 1. The van der Waals surface area contributed by atoms with E-state index in [0.29, 0.717) is 5.92 Å². The Kier molecular flexibility index (Phi) is 8.85. The second-order valence-corrected chi connectivity index (χ2v) is 8.70. The van der Waals surface area contributed by atoms with Crippen molar-refractivity contribution in [1.82, 2.24) is 0 Å². The SMILES string of the molecule is CCCCCC1CCC(c2ccc(C(=O)Oc3ccc(Cl)c(F)c3OC(F)F)cc2)CC1. The topological polar surface area (TPSA) is 35.5 Å². The van der Waals surface area contributed by atoms with E-state index in [-0.39, 0.29) is 5.56 Å². The van der Waals surface area contributed by atoms with Gasteiger partial charge in [-0.3, -0.25) is 0 Å². The average Bonchev–Trinajstić information content (AvgIpc) is 2.79. The van der Waals surface area contributed by atoms with Crippen molar-refractivity contribution in [2.45, 2.75) is 70.8 Å². The van der Waals surface area contributed by atoms with Gasteiger partial charge < -0.3 is 9.47 Å². The summed E-state index contributed by atoms with van der Waals surface area (Å²) in [4.78, 5) is 12.5. The minimum atomic E-state index is -3.29. The lowest BCUT2D eigenvalue weighted by molar-refractivity contribution is -0.0536. The van der Waals surface area contributed by atoms with E-state index >= 15 is 0 Å². The lowest BCUT2D eigenvalue weighted by Gasteiger charge is -2.29. The fourth-order valence-electron chi connectivity index (χ4n) is 4.31. The summed E-state index contributed by atoms with van der Waals surface area (Å²) in [6.45, 7) is -1.07. The van der Waals surface area contributed by atoms with Crippen LogP contribution in [0.15, 0.2) is 36.4 Å². The van der Waals surface area contributed by atoms with Gasteiger partial charge in [-0.15, -0.1) is 0 Å². The zero-order valence-corrected chi connectivity index (χ0v) is 18.8. The summed E-state index contributed by atoms with van der Waals surface area (Å²) >= 11 is 5.61. The molecule has 0 aromatic heterocycles. The number of hydrogen-bond acceptors (Lipinski definition) is 3. The maximum atomic E-state index is 14.1. The smallest absolute Gasteiger partial charge is 0.387 e. The third-order valence-corrected chi connectivity index (χ3v) is 6.40. The third kappa shape index (κ3) is 6.41. The fourth-order valence-corrected chi connectivity index (χ4v) is 4.46. The first-order valence-corrected chi connectivity index (χ1v) is 11.5. The van der Waals surface area contributed by atoms with Gasteiger partial charge in [-0.05, 0) is 67.3 Å². The Balaban J connectivity index is 1.61. The summed E-state index contributed by atoms with van der Waals surface area (Å²) < 4.78 is 48.6. The highest BCUT2D eigenvalue weighted by Gasteiger charge is 2.24. The Labute approximate surface area is 191 Å². The summed E-state index contributed by atoms with van der Waals surface area (Å²) in [7, 11) is 0. The van der Waals surface area contributed by atoms with Crippen molar-refractivity contribution >= 4 is 17.6 Å². The number of unbranched alkanes of at least 4 members (excludes halogenated alkanes) is 2. The van der Waals surface area contributed by atoms with E-state index in [1.807, 2.05) is 12.1 Å². The van der Waals surface area contributed by atoms with Crippen LogP contribution in [0.3, 0.4) is 0 Å². The summed E-state index contributed by atoms with van der Waals surface area (Å²) in [6, 6.07) is 9.32. The Bertz CT molecular complexity index is 894. The molecule has 0 radical (unpaired) electrons. The third-order valence-electron chi connectivity index (χ3n) is 6.10. The molecule has 0 amide bonds. The van der Waals surface area contributed by atoms with E-state index in [4.69, 9.17) is 16.3 Å². The van der Waals surface area contributed by atoms with Gasteiger partial charge in [0.05, 0.1) is 10.6 Å². The molecule has 1 aliphatic rings. The minimum Gasteiger partial charge on any atom is -0.428 e. The van der Waals surface area contributed by atoms with Gasteiger partial charge in [0, 0.05) is 0 Å². The molecule has 1 aliphatic carbocycles. The van der Waals surface area contributed by atoms with Crippen LogP contribution in [0.5, 0.6) is 11.5 Å². The molecule has 0 aliphatic heterocycles. The molecule has 7 heteroatoms. The molecule has 2 aromatic carbocycles. The highest BCUT2D eigenvalue weighted by atomic mass is 35.5. The van der Waals surface area contributed by atoms with Crippen molar-refractivity contribution in [2.24, 2.45) is 5.92 Å². The average molecular weight is 469 g/mol. The molecule has 0 atom stereocenters. The van der Waals surface area contributed by atoms with Gasteiger partial charge in [0.25, 0.3) is 0 Å². The van der Waals surface area contributed by atoms with Crippen LogP contribution in [0, 0.1) is 11.7 Å². The van der Waals surface area contributed by atoms with Crippen molar-refractivity contribution in [2.75, 3.05) is 0 Å². The van der Waals surface area contributed by atoms with E-state index in [0.717, 1.165) is 30.9 Å². The zero-order valence-electron chi connectivity index (χ0n) is 18.1. The predicted molar refractivity (Wildman–Crippen MR) is 118 cm³/mol. The minimum absolute atomic E-state index is 0.236. The molecule has 174 valence electrons. The molecule has 0 spiro atoms. The quantitative estimate of drug-likeness (QED) is 0.211. The van der Waals surface area contributed by atoms with Crippen LogP contribution >= 0.6 is 11.6 Å². The molecule has 0 saturated heterocycles. The Hall–Kier alpha value is -2.21. The van der Waals surface area contributed by atoms with Crippen molar-refractivity contribution in [3.63, 3.8) is 0 Å². The molecular formula is C25H28ClF3O3. The van der Waals surface area contributed by atoms with Crippen LogP contribution in [0.2, 0.25) is 5.02 Å². The monoisotopic (exact) mass is 468 g/mol. The zero-order chi connectivity index (χ0) is 23.1. The van der Waals surface area contributed by atoms with E-state index in [9.17, 15) is 18.0 Å². The number of hydrogen-bond donors (Lipinski definition) is 0. The van der Waals surface area contributed by atoms with E-state index in [2.05, 4.69) is 11.7 Å². The number of halogens is 4. The molecule has 3 nitrogen and oxygen atoms in total. The Morgan fingerprint density at radius 2 is 1.75 bits per heavy atom.